The molecule has 2 N–H and O–H groups in total. The van der Waals surface area contributed by atoms with Crippen molar-refractivity contribution in [3.8, 4) is 0 Å². The van der Waals surface area contributed by atoms with Gasteiger partial charge < -0.3 is 10.2 Å². The van der Waals surface area contributed by atoms with Crippen LogP contribution >= 0.6 is 0 Å². The van der Waals surface area contributed by atoms with Crippen LogP contribution in [0.5, 0.6) is 0 Å². The SMILES string of the molecule is NCCc1nc(C(F)F)co1. The second-order valence-corrected chi connectivity index (χ2v) is 2.01. The van der Waals surface area contributed by atoms with Gasteiger partial charge in [-0.1, -0.05) is 0 Å². The molecule has 0 amide bonds. The minimum Gasteiger partial charge on any atom is -0.448 e. The van der Waals surface area contributed by atoms with Crippen molar-refractivity contribution in [2.75, 3.05) is 6.54 Å². The molecule has 3 nitrogen and oxygen atoms in total. The number of nitrogens with two attached hydrogens (primary N) is 1. The zero-order chi connectivity index (χ0) is 8.27. The minimum atomic E-state index is -2.56. The van der Waals surface area contributed by atoms with Crippen molar-refractivity contribution in [3.05, 3.63) is 17.8 Å². The van der Waals surface area contributed by atoms with Crippen LogP contribution < -0.4 is 5.73 Å². The molecular formula is C6H8F2N2O. The lowest BCUT2D eigenvalue weighted by Gasteiger charge is -1.88. The molecule has 0 aliphatic heterocycles. The first kappa shape index (κ1) is 8.13. The van der Waals surface area contributed by atoms with E-state index in [1.165, 1.54) is 0 Å². The van der Waals surface area contributed by atoms with E-state index in [2.05, 4.69) is 4.98 Å². The molecule has 5 heteroatoms. The molecule has 0 bridgehead atoms. The Bertz CT molecular complexity index is 224. The van der Waals surface area contributed by atoms with Gasteiger partial charge in [0.15, 0.2) is 5.89 Å². The van der Waals surface area contributed by atoms with E-state index in [-0.39, 0.29) is 11.6 Å². The third kappa shape index (κ3) is 1.98. The Morgan fingerprint density at radius 1 is 1.64 bits per heavy atom. The highest BCUT2D eigenvalue weighted by Crippen LogP contribution is 2.17. The molecule has 62 valence electrons. The van der Waals surface area contributed by atoms with E-state index in [1.807, 2.05) is 0 Å². The van der Waals surface area contributed by atoms with E-state index < -0.39 is 6.43 Å². The average molecular weight is 162 g/mol. The van der Waals surface area contributed by atoms with Crippen molar-refractivity contribution in [2.24, 2.45) is 5.73 Å². The highest BCUT2D eigenvalue weighted by molar-refractivity contribution is 4.97. The van der Waals surface area contributed by atoms with Crippen LogP contribution in [0.3, 0.4) is 0 Å². The van der Waals surface area contributed by atoms with Crippen molar-refractivity contribution < 1.29 is 13.2 Å². The summed E-state index contributed by atoms with van der Waals surface area (Å²) in [7, 11) is 0. The van der Waals surface area contributed by atoms with E-state index in [9.17, 15) is 8.78 Å². The number of aromatic nitrogens is 1. The lowest BCUT2D eigenvalue weighted by atomic mass is 10.4. The van der Waals surface area contributed by atoms with E-state index in [0.29, 0.717) is 13.0 Å². The summed E-state index contributed by atoms with van der Waals surface area (Å²) >= 11 is 0. The van der Waals surface area contributed by atoms with Crippen molar-refractivity contribution in [1.29, 1.82) is 0 Å². The van der Waals surface area contributed by atoms with Crippen molar-refractivity contribution in [3.63, 3.8) is 0 Å². The van der Waals surface area contributed by atoms with Gasteiger partial charge in [-0.25, -0.2) is 13.8 Å². The van der Waals surface area contributed by atoms with E-state index in [1.54, 1.807) is 0 Å². The number of oxazole rings is 1. The van der Waals surface area contributed by atoms with Gasteiger partial charge in [0.25, 0.3) is 6.43 Å². The van der Waals surface area contributed by atoms with Crippen LogP contribution in [0.1, 0.15) is 18.0 Å². The van der Waals surface area contributed by atoms with Crippen molar-refractivity contribution >= 4 is 0 Å². The van der Waals surface area contributed by atoms with Crippen LogP contribution in [0.4, 0.5) is 8.78 Å². The summed E-state index contributed by atoms with van der Waals surface area (Å²) < 4.78 is 28.4. The molecule has 11 heavy (non-hydrogen) atoms. The van der Waals surface area contributed by atoms with Gasteiger partial charge in [0.05, 0.1) is 0 Å². The fraction of sp³-hybridized carbons (Fsp3) is 0.500. The van der Waals surface area contributed by atoms with Gasteiger partial charge in [0, 0.05) is 13.0 Å². The summed E-state index contributed by atoms with van der Waals surface area (Å²) in [6.45, 7) is 0.350. The normalized spacial score (nSPS) is 10.9. The summed E-state index contributed by atoms with van der Waals surface area (Å²) in [6, 6.07) is 0. The Balaban J connectivity index is 2.66. The molecule has 0 aliphatic rings. The van der Waals surface area contributed by atoms with Crippen molar-refractivity contribution in [1.82, 2.24) is 4.98 Å². The maximum Gasteiger partial charge on any atom is 0.283 e. The second-order valence-electron chi connectivity index (χ2n) is 2.01. The average Bonchev–Trinajstić information content (AvgIpc) is 2.37. The zero-order valence-electron chi connectivity index (χ0n) is 5.76. The van der Waals surface area contributed by atoms with E-state index in [4.69, 9.17) is 10.2 Å². The quantitative estimate of drug-likeness (QED) is 0.724. The van der Waals surface area contributed by atoms with E-state index >= 15 is 0 Å². The molecule has 1 rings (SSSR count). The second kappa shape index (κ2) is 3.43. The van der Waals surface area contributed by atoms with E-state index in [0.717, 1.165) is 6.26 Å². The lowest BCUT2D eigenvalue weighted by Crippen LogP contribution is -2.02. The lowest BCUT2D eigenvalue weighted by molar-refractivity contribution is 0.146. The van der Waals surface area contributed by atoms with Crippen LogP contribution in [-0.4, -0.2) is 11.5 Å². The molecule has 0 spiro atoms. The van der Waals surface area contributed by atoms with Gasteiger partial charge >= 0.3 is 0 Å². The minimum absolute atomic E-state index is 0.266. The first-order chi connectivity index (χ1) is 5.24. The third-order valence-electron chi connectivity index (χ3n) is 1.15. The Labute approximate surface area is 62.2 Å². The predicted molar refractivity (Wildman–Crippen MR) is 34.2 cm³/mol. The Kier molecular flexibility index (Phi) is 2.53. The first-order valence-electron chi connectivity index (χ1n) is 3.16. The molecule has 0 fully saturated rings. The van der Waals surface area contributed by atoms with Crippen LogP contribution in [0, 0.1) is 0 Å². The molecule has 1 heterocycles. The first-order valence-corrected chi connectivity index (χ1v) is 3.16. The molecule has 0 atom stereocenters. The maximum atomic E-state index is 11.9. The summed E-state index contributed by atoms with van der Waals surface area (Å²) in [5, 5.41) is 0. The number of rotatable bonds is 3. The third-order valence-corrected chi connectivity index (χ3v) is 1.15. The Hall–Kier alpha value is -0.970. The van der Waals surface area contributed by atoms with Crippen LogP contribution in [0.15, 0.2) is 10.7 Å². The van der Waals surface area contributed by atoms with Crippen LogP contribution in [0.25, 0.3) is 0 Å². The van der Waals surface area contributed by atoms with Crippen LogP contribution in [0.2, 0.25) is 0 Å². The molecule has 0 aromatic carbocycles. The largest absolute Gasteiger partial charge is 0.448 e. The highest BCUT2D eigenvalue weighted by Gasteiger charge is 2.12. The molecular weight excluding hydrogens is 154 g/mol. The number of nitrogens with zero attached hydrogens (tertiary/aromatic N) is 1. The van der Waals surface area contributed by atoms with Crippen LogP contribution in [-0.2, 0) is 6.42 Å². The summed E-state index contributed by atoms with van der Waals surface area (Å²) in [6.07, 6.45) is -1.21. The summed E-state index contributed by atoms with van der Waals surface area (Å²) in [5.41, 5.74) is 4.83. The standard InChI is InChI=1S/C6H8F2N2O/c7-6(8)4-3-11-5(10-4)1-2-9/h3,6H,1-2,9H2. The molecule has 0 unspecified atom stereocenters. The number of alkyl halides is 2. The molecule has 1 aromatic rings. The fourth-order valence-corrected chi connectivity index (χ4v) is 0.664. The highest BCUT2D eigenvalue weighted by atomic mass is 19.3. The molecule has 0 saturated heterocycles. The van der Waals surface area contributed by atoms with Gasteiger partial charge in [-0.2, -0.15) is 0 Å². The zero-order valence-corrected chi connectivity index (χ0v) is 5.76. The Morgan fingerprint density at radius 2 is 2.36 bits per heavy atom. The number of halogens is 2. The Morgan fingerprint density at radius 3 is 2.82 bits per heavy atom. The summed E-state index contributed by atoms with van der Waals surface area (Å²) in [4.78, 5) is 3.50. The topological polar surface area (TPSA) is 52.0 Å². The van der Waals surface area contributed by atoms with Gasteiger partial charge in [-0.3, -0.25) is 0 Å². The number of hydrogen-bond donors (Lipinski definition) is 1. The van der Waals surface area contributed by atoms with Gasteiger partial charge in [-0.05, 0) is 0 Å². The molecule has 1 aromatic heterocycles. The van der Waals surface area contributed by atoms with Gasteiger partial charge in [0.1, 0.15) is 12.0 Å². The maximum absolute atomic E-state index is 11.9. The van der Waals surface area contributed by atoms with Gasteiger partial charge in [-0.15, -0.1) is 0 Å². The predicted octanol–water partition coefficient (Wildman–Crippen LogP) is 1.11. The molecule has 0 radical (unpaired) electrons. The molecule has 0 aliphatic carbocycles. The monoisotopic (exact) mass is 162 g/mol. The fourth-order valence-electron chi connectivity index (χ4n) is 0.664. The van der Waals surface area contributed by atoms with Gasteiger partial charge in [0.2, 0.25) is 0 Å². The smallest absolute Gasteiger partial charge is 0.283 e. The molecule has 0 saturated carbocycles. The summed E-state index contributed by atoms with van der Waals surface area (Å²) in [5.74, 6) is 0.266. The van der Waals surface area contributed by atoms with Crippen molar-refractivity contribution in [2.45, 2.75) is 12.8 Å². The number of hydrogen-bond acceptors (Lipinski definition) is 3.